The van der Waals surface area contributed by atoms with Crippen LogP contribution in [-0.2, 0) is 14.3 Å². The second-order valence-electron chi connectivity index (χ2n) is 5.18. The Kier molecular flexibility index (Phi) is 7.11. The molecule has 0 aliphatic rings. The van der Waals surface area contributed by atoms with Crippen molar-refractivity contribution in [2.75, 3.05) is 7.05 Å². The van der Waals surface area contributed by atoms with E-state index in [0.717, 1.165) is 10.0 Å². The zero-order valence-corrected chi connectivity index (χ0v) is 15.5. The van der Waals surface area contributed by atoms with Gasteiger partial charge in [0.25, 0.3) is 5.91 Å². The molecule has 0 aromatic heterocycles. The second-order valence-corrected chi connectivity index (χ2v) is 6.10. The number of imide groups is 1. The van der Waals surface area contributed by atoms with Gasteiger partial charge in [0, 0.05) is 23.2 Å². The monoisotopic (exact) mass is 416 g/mol. The van der Waals surface area contributed by atoms with E-state index in [-0.39, 0.29) is 0 Å². The second kappa shape index (κ2) is 9.53. The van der Waals surface area contributed by atoms with Crippen molar-refractivity contribution in [3.63, 3.8) is 0 Å². The SMILES string of the molecule is CNC(=O)NC(=O)C(OC(=O)C=Cc1cccc(Br)c1)c1ccccc1. The molecule has 0 saturated carbocycles. The molecule has 2 N–H and O–H groups in total. The zero-order chi connectivity index (χ0) is 18.9. The molecule has 0 aliphatic carbocycles. The fraction of sp³-hybridized carbons (Fsp3) is 0.105. The molecule has 0 bridgehead atoms. The summed E-state index contributed by atoms with van der Waals surface area (Å²) < 4.78 is 6.14. The standard InChI is InChI=1S/C19H17BrN2O4/c1-21-19(25)22-18(24)17(14-7-3-2-4-8-14)26-16(23)11-10-13-6-5-9-15(20)12-13/h2-12,17H,1H3,(H2,21,22,24,25). The highest BCUT2D eigenvalue weighted by atomic mass is 79.9. The molecule has 0 aliphatic heterocycles. The van der Waals surface area contributed by atoms with Crippen molar-refractivity contribution in [1.82, 2.24) is 10.6 Å². The third-order valence-electron chi connectivity index (χ3n) is 3.30. The number of amides is 3. The first-order valence-corrected chi connectivity index (χ1v) is 8.50. The van der Waals surface area contributed by atoms with Crippen molar-refractivity contribution < 1.29 is 19.1 Å². The summed E-state index contributed by atoms with van der Waals surface area (Å²) in [6, 6.07) is 15.1. The Balaban J connectivity index is 2.14. The van der Waals surface area contributed by atoms with Crippen LogP contribution < -0.4 is 10.6 Å². The van der Waals surface area contributed by atoms with Crippen LogP contribution in [0.5, 0.6) is 0 Å². The minimum Gasteiger partial charge on any atom is -0.444 e. The fourth-order valence-corrected chi connectivity index (χ4v) is 2.49. The van der Waals surface area contributed by atoms with Crippen LogP contribution in [0, 0.1) is 0 Å². The Bertz CT molecular complexity index is 821. The Labute approximate surface area is 159 Å². The highest BCUT2D eigenvalue weighted by Gasteiger charge is 2.25. The van der Waals surface area contributed by atoms with Gasteiger partial charge in [-0.05, 0) is 23.8 Å². The van der Waals surface area contributed by atoms with Crippen LogP contribution in [0.2, 0.25) is 0 Å². The van der Waals surface area contributed by atoms with Crippen molar-refractivity contribution in [3.8, 4) is 0 Å². The minimum atomic E-state index is -1.24. The summed E-state index contributed by atoms with van der Waals surface area (Å²) in [6.45, 7) is 0. The van der Waals surface area contributed by atoms with E-state index in [1.165, 1.54) is 13.1 Å². The average molecular weight is 417 g/mol. The quantitative estimate of drug-likeness (QED) is 0.578. The Morgan fingerprint density at radius 1 is 1.08 bits per heavy atom. The van der Waals surface area contributed by atoms with Crippen LogP contribution >= 0.6 is 15.9 Å². The number of hydrogen-bond acceptors (Lipinski definition) is 4. The fourth-order valence-electron chi connectivity index (χ4n) is 2.07. The molecule has 134 valence electrons. The molecule has 0 radical (unpaired) electrons. The highest BCUT2D eigenvalue weighted by Crippen LogP contribution is 2.18. The molecule has 3 amide bonds. The van der Waals surface area contributed by atoms with Crippen LogP contribution in [0.15, 0.2) is 65.1 Å². The number of ether oxygens (including phenoxy) is 1. The van der Waals surface area contributed by atoms with Crippen molar-refractivity contribution in [2.45, 2.75) is 6.10 Å². The highest BCUT2D eigenvalue weighted by molar-refractivity contribution is 9.10. The van der Waals surface area contributed by atoms with Gasteiger partial charge < -0.3 is 10.1 Å². The number of carbonyl (C=O) groups is 3. The van der Waals surface area contributed by atoms with E-state index >= 15 is 0 Å². The lowest BCUT2D eigenvalue weighted by Crippen LogP contribution is -2.41. The van der Waals surface area contributed by atoms with Gasteiger partial charge >= 0.3 is 12.0 Å². The number of hydrogen-bond donors (Lipinski definition) is 2. The largest absolute Gasteiger partial charge is 0.444 e. The summed E-state index contributed by atoms with van der Waals surface area (Å²) in [7, 11) is 1.38. The molecule has 2 rings (SSSR count). The molecule has 2 aromatic rings. The summed E-state index contributed by atoms with van der Waals surface area (Å²) in [5.41, 5.74) is 1.25. The number of rotatable bonds is 5. The van der Waals surface area contributed by atoms with E-state index in [1.807, 2.05) is 24.3 Å². The number of esters is 1. The van der Waals surface area contributed by atoms with Crippen LogP contribution in [0.1, 0.15) is 17.2 Å². The van der Waals surface area contributed by atoms with Crippen molar-refractivity contribution >= 4 is 39.9 Å². The molecule has 1 unspecified atom stereocenters. The van der Waals surface area contributed by atoms with Crippen molar-refractivity contribution in [1.29, 1.82) is 0 Å². The molecule has 6 nitrogen and oxygen atoms in total. The van der Waals surface area contributed by atoms with E-state index < -0.39 is 24.0 Å². The lowest BCUT2D eigenvalue weighted by atomic mass is 10.1. The van der Waals surface area contributed by atoms with Gasteiger partial charge in [0.2, 0.25) is 6.10 Å². The lowest BCUT2D eigenvalue weighted by molar-refractivity contribution is -0.151. The van der Waals surface area contributed by atoms with Gasteiger partial charge in [-0.1, -0.05) is 58.4 Å². The normalized spacial score (nSPS) is 11.6. The molecule has 0 fully saturated rings. The molecule has 0 saturated heterocycles. The van der Waals surface area contributed by atoms with E-state index in [2.05, 4.69) is 26.6 Å². The van der Waals surface area contributed by atoms with Crippen LogP contribution in [0.4, 0.5) is 4.79 Å². The predicted molar refractivity (Wildman–Crippen MR) is 101 cm³/mol. The molecule has 0 spiro atoms. The van der Waals surface area contributed by atoms with Gasteiger partial charge in [0.1, 0.15) is 0 Å². The maximum atomic E-state index is 12.3. The van der Waals surface area contributed by atoms with Gasteiger partial charge in [0.05, 0.1) is 0 Å². The molecule has 0 heterocycles. The smallest absolute Gasteiger partial charge is 0.331 e. The van der Waals surface area contributed by atoms with E-state index in [9.17, 15) is 14.4 Å². The number of urea groups is 1. The molecule has 7 heteroatoms. The molecule has 1 atom stereocenters. The number of halogens is 1. The van der Waals surface area contributed by atoms with Crippen molar-refractivity contribution in [3.05, 3.63) is 76.3 Å². The Morgan fingerprint density at radius 3 is 2.46 bits per heavy atom. The van der Waals surface area contributed by atoms with Crippen LogP contribution in [-0.4, -0.2) is 25.0 Å². The summed E-state index contributed by atoms with van der Waals surface area (Å²) in [5.74, 6) is -1.44. The maximum absolute atomic E-state index is 12.3. The first kappa shape index (κ1) is 19.4. The maximum Gasteiger partial charge on any atom is 0.331 e. The average Bonchev–Trinajstić information content (AvgIpc) is 2.65. The van der Waals surface area contributed by atoms with E-state index in [1.54, 1.807) is 36.4 Å². The summed E-state index contributed by atoms with van der Waals surface area (Å²) in [4.78, 5) is 35.8. The van der Waals surface area contributed by atoms with Gasteiger partial charge in [-0.25, -0.2) is 9.59 Å². The van der Waals surface area contributed by atoms with Gasteiger partial charge in [0.15, 0.2) is 0 Å². The van der Waals surface area contributed by atoms with Gasteiger partial charge in [-0.3, -0.25) is 10.1 Å². The van der Waals surface area contributed by atoms with Crippen molar-refractivity contribution in [2.24, 2.45) is 0 Å². The number of carbonyl (C=O) groups excluding carboxylic acids is 3. The summed E-state index contributed by atoms with van der Waals surface area (Å²) in [6.07, 6.45) is 1.56. The Hall–Kier alpha value is -2.93. The summed E-state index contributed by atoms with van der Waals surface area (Å²) in [5, 5.41) is 4.40. The number of benzene rings is 2. The predicted octanol–water partition coefficient (Wildman–Crippen LogP) is 3.20. The third-order valence-corrected chi connectivity index (χ3v) is 3.79. The van der Waals surface area contributed by atoms with Gasteiger partial charge in [-0.2, -0.15) is 0 Å². The molecular weight excluding hydrogens is 400 g/mol. The first-order valence-electron chi connectivity index (χ1n) is 7.71. The topological polar surface area (TPSA) is 84.5 Å². The van der Waals surface area contributed by atoms with Crippen LogP contribution in [0.25, 0.3) is 6.08 Å². The van der Waals surface area contributed by atoms with E-state index in [4.69, 9.17) is 4.74 Å². The van der Waals surface area contributed by atoms with Crippen LogP contribution in [0.3, 0.4) is 0 Å². The zero-order valence-electron chi connectivity index (χ0n) is 13.9. The Morgan fingerprint density at radius 2 is 1.81 bits per heavy atom. The molecular formula is C19H17BrN2O4. The lowest BCUT2D eigenvalue weighted by Gasteiger charge is -2.16. The molecule has 2 aromatic carbocycles. The van der Waals surface area contributed by atoms with Gasteiger partial charge in [-0.15, -0.1) is 0 Å². The number of nitrogens with one attached hydrogen (secondary N) is 2. The minimum absolute atomic E-state index is 0.457. The summed E-state index contributed by atoms with van der Waals surface area (Å²) >= 11 is 3.35. The first-order chi connectivity index (χ1) is 12.5. The molecule has 26 heavy (non-hydrogen) atoms. The van der Waals surface area contributed by atoms with E-state index in [0.29, 0.717) is 5.56 Å². The third kappa shape index (κ3) is 5.86.